The Morgan fingerprint density at radius 2 is 1.74 bits per heavy atom. The summed E-state index contributed by atoms with van der Waals surface area (Å²) in [6, 6.07) is 7.43. The number of rotatable bonds is 1. The third-order valence-electron chi connectivity index (χ3n) is 4.77. The van der Waals surface area contributed by atoms with Crippen LogP contribution in [0.15, 0.2) is 24.3 Å². The van der Waals surface area contributed by atoms with Crippen LogP contribution in [0.3, 0.4) is 0 Å². The van der Waals surface area contributed by atoms with Crippen molar-refractivity contribution < 1.29 is 23.7 Å². The molecule has 3 heterocycles. The molecule has 1 spiro atoms. The normalized spacial score (nSPS) is 28.8. The Balaban J connectivity index is 1.45. The monoisotopic (exact) mass is 319 g/mol. The maximum atomic E-state index is 12.9. The van der Waals surface area contributed by atoms with Crippen molar-refractivity contribution in [3.05, 3.63) is 24.3 Å². The van der Waals surface area contributed by atoms with Crippen LogP contribution in [0.2, 0.25) is 0 Å². The molecule has 0 bridgehead atoms. The lowest BCUT2D eigenvalue weighted by molar-refractivity contribution is -0.192. The third-order valence-corrected chi connectivity index (χ3v) is 4.77. The summed E-state index contributed by atoms with van der Waals surface area (Å²) in [5.41, 5.74) is -0.990. The van der Waals surface area contributed by atoms with E-state index >= 15 is 0 Å². The fraction of sp³-hybridized carbons (Fsp3) is 0.588. The number of carbonyl (C=O) groups excluding carboxylic acids is 1. The highest BCUT2D eigenvalue weighted by molar-refractivity contribution is 5.86. The lowest BCUT2D eigenvalue weighted by Crippen LogP contribution is -2.58. The topological polar surface area (TPSA) is 57.2 Å². The number of amides is 1. The van der Waals surface area contributed by atoms with Crippen molar-refractivity contribution in [3.8, 4) is 11.5 Å². The molecule has 0 aliphatic carbocycles. The van der Waals surface area contributed by atoms with E-state index in [1.165, 1.54) is 0 Å². The molecule has 2 saturated heterocycles. The van der Waals surface area contributed by atoms with Gasteiger partial charge in [-0.2, -0.15) is 0 Å². The summed E-state index contributed by atoms with van der Waals surface area (Å²) in [5.74, 6) is 0.780. The molecule has 1 amide bonds. The Labute approximate surface area is 135 Å². The van der Waals surface area contributed by atoms with Crippen LogP contribution in [0.5, 0.6) is 11.5 Å². The van der Waals surface area contributed by atoms with Crippen LogP contribution in [-0.2, 0) is 14.3 Å². The number of likely N-dealkylation sites (tertiary alicyclic amines) is 1. The van der Waals surface area contributed by atoms with Crippen molar-refractivity contribution in [2.24, 2.45) is 0 Å². The van der Waals surface area contributed by atoms with Crippen molar-refractivity contribution in [2.45, 2.75) is 31.2 Å². The van der Waals surface area contributed by atoms with Crippen LogP contribution in [0.1, 0.15) is 19.8 Å². The number of ether oxygens (including phenoxy) is 4. The van der Waals surface area contributed by atoms with Crippen LogP contribution in [-0.4, -0.2) is 55.1 Å². The van der Waals surface area contributed by atoms with E-state index in [0.29, 0.717) is 50.6 Å². The van der Waals surface area contributed by atoms with Crippen LogP contribution >= 0.6 is 0 Å². The minimum Gasteiger partial charge on any atom is -0.485 e. The summed E-state index contributed by atoms with van der Waals surface area (Å²) in [5, 5.41) is 0. The van der Waals surface area contributed by atoms with Gasteiger partial charge in [0, 0.05) is 25.9 Å². The molecule has 124 valence electrons. The van der Waals surface area contributed by atoms with Crippen molar-refractivity contribution in [3.63, 3.8) is 0 Å². The summed E-state index contributed by atoms with van der Waals surface area (Å²) >= 11 is 0. The summed E-state index contributed by atoms with van der Waals surface area (Å²) in [4.78, 5) is 14.8. The average molecular weight is 319 g/mol. The first-order chi connectivity index (χ1) is 11.1. The van der Waals surface area contributed by atoms with Crippen molar-refractivity contribution in [2.75, 3.05) is 32.9 Å². The van der Waals surface area contributed by atoms with E-state index in [-0.39, 0.29) is 12.5 Å². The number of carbonyl (C=O) groups is 1. The summed E-state index contributed by atoms with van der Waals surface area (Å²) in [7, 11) is 0. The Bertz CT molecular complexity index is 603. The van der Waals surface area contributed by atoms with E-state index in [0.717, 1.165) is 0 Å². The molecule has 2 fully saturated rings. The van der Waals surface area contributed by atoms with E-state index in [1.54, 1.807) is 6.92 Å². The molecule has 6 nitrogen and oxygen atoms in total. The molecule has 1 unspecified atom stereocenters. The van der Waals surface area contributed by atoms with Gasteiger partial charge in [-0.25, -0.2) is 0 Å². The van der Waals surface area contributed by atoms with Gasteiger partial charge in [0.15, 0.2) is 17.3 Å². The molecule has 0 saturated carbocycles. The van der Waals surface area contributed by atoms with E-state index in [2.05, 4.69) is 0 Å². The number of fused-ring (bicyclic) bond motifs is 1. The summed E-state index contributed by atoms with van der Waals surface area (Å²) < 4.78 is 23.1. The van der Waals surface area contributed by atoms with Gasteiger partial charge in [0.05, 0.1) is 13.2 Å². The molecule has 1 aromatic carbocycles. The first-order valence-electron chi connectivity index (χ1n) is 8.08. The molecule has 3 aliphatic heterocycles. The molecule has 0 aromatic heterocycles. The van der Waals surface area contributed by atoms with Crippen LogP contribution in [0.4, 0.5) is 0 Å². The Kier molecular flexibility index (Phi) is 3.46. The van der Waals surface area contributed by atoms with Crippen molar-refractivity contribution >= 4 is 5.91 Å². The lowest BCUT2D eigenvalue weighted by Gasteiger charge is -2.42. The Hall–Kier alpha value is -1.79. The quantitative estimate of drug-likeness (QED) is 0.787. The number of para-hydroxylation sites is 2. The molecule has 6 heteroatoms. The third kappa shape index (κ3) is 2.56. The van der Waals surface area contributed by atoms with Gasteiger partial charge in [0.25, 0.3) is 5.91 Å². The van der Waals surface area contributed by atoms with Crippen LogP contribution < -0.4 is 9.47 Å². The van der Waals surface area contributed by atoms with Gasteiger partial charge in [-0.3, -0.25) is 4.79 Å². The number of piperidine rings is 1. The van der Waals surface area contributed by atoms with Gasteiger partial charge in [0.2, 0.25) is 5.60 Å². The van der Waals surface area contributed by atoms with Gasteiger partial charge < -0.3 is 23.8 Å². The molecule has 1 atom stereocenters. The zero-order valence-electron chi connectivity index (χ0n) is 13.2. The lowest BCUT2D eigenvalue weighted by atomic mass is 9.99. The number of nitrogens with zero attached hydrogens (tertiary/aromatic N) is 1. The largest absolute Gasteiger partial charge is 0.485 e. The predicted molar refractivity (Wildman–Crippen MR) is 81.4 cm³/mol. The van der Waals surface area contributed by atoms with E-state index in [1.807, 2.05) is 29.2 Å². The van der Waals surface area contributed by atoms with Gasteiger partial charge >= 0.3 is 0 Å². The molecular weight excluding hydrogens is 298 g/mol. The standard InChI is InChI=1S/C17H21NO5/c1-16(12-20-13-4-2-3-5-14(13)23-16)15(19)18-8-6-17(7-9-18)21-10-11-22-17/h2-5H,6-12H2,1H3. The molecule has 4 rings (SSSR count). The molecule has 23 heavy (non-hydrogen) atoms. The summed E-state index contributed by atoms with van der Waals surface area (Å²) in [6.07, 6.45) is 1.40. The van der Waals surface area contributed by atoms with Crippen LogP contribution in [0.25, 0.3) is 0 Å². The van der Waals surface area contributed by atoms with Gasteiger partial charge in [-0.15, -0.1) is 0 Å². The number of hydrogen-bond acceptors (Lipinski definition) is 5. The zero-order chi connectivity index (χ0) is 15.9. The van der Waals surface area contributed by atoms with Crippen molar-refractivity contribution in [1.29, 1.82) is 0 Å². The second-order valence-electron chi connectivity index (χ2n) is 6.47. The highest BCUT2D eigenvalue weighted by Gasteiger charge is 2.47. The van der Waals surface area contributed by atoms with Gasteiger partial charge in [0.1, 0.15) is 6.61 Å². The Morgan fingerprint density at radius 1 is 1.09 bits per heavy atom. The first-order valence-corrected chi connectivity index (χ1v) is 8.08. The molecule has 0 N–H and O–H groups in total. The fourth-order valence-corrected chi connectivity index (χ4v) is 3.42. The maximum Gasteiger partial charge on any atom is 0.270 e. The second kappa shape index (κ2) is 5.39. The predicted octanol–water partition coefficient (Wildman–Crippen LogP) is 1.58. The molecule has 1 aromatic rings. The molecule has 3 aliphatic rings. The highest BCUT2D eigenvalue weighted by atomic mass is 16.7. The highest BCUT2D eigenvalue weighted by Crippen LogP contribution is 2.37. The summed E-state index contributed by atoms with van der Waals surface area (Å²) in [6.45, 7) is 4.51. The number of benzene rings is 1. The second-order valence-corrected chi connectivity index (χ2v) is 6.47. The minimum absolute atomic E-state index is 0.0418. The molecular formula is C17H21NO5. The zero-order valence-corrected chi connectivity index (χ0v) is 13.2. The maximum absolute atomic E-state index is 12.9. The minimum atomic E-state index is -0.990. The van der Waals surface area contributed by atoms with Gasteiger partial charge in [-0.05, 0) is 19.1 Å². The smallest absolute Gasteiger partial charge is 0.270 e. The molecule has 0 radical (unpaired) electrons. The van der Waals surface area contributed by atoms with Crippen LogP contribution in [0, 0.1) is 0 Å². The average Bonchev–Trinajstić information content (AvgIpc) is 3.03. The van der Waals surface area contributed by atoms with E-state index < -0.39 is 11.4 Å². The van der Waals surface area contributed by atoms with Gasteiger partial charge in [-0.1, -0.05) is 12.1 Å². The van der Waals surface area contributed by atoms with E-state index in [4.69, 9.17) is 18.9 Å². The van der Waals surface area contributed by atoms with Crippen molar-refractivity contribution in [1.82, 2.24) is 4.90 Å². The number of hydrogen-bond donors (Lipinski definition) is 0. The SMILES string of the molecule is CC1(C(=O)N2CCC3(CC2)OCCO3)COc2ccccc2O1. The first kappa shape index (κ1) is 14.8. The fourth-order valence-electron chi connectivity index (χ4n) is 3.42. The van der Waals surface area contributed by atoms with E-state index in [9.17, 15) is 4.79 Å². The Morgan fingerprint density at radius 3 is 2.43 bits per heavy atom.